The molecule has 0 aromatic carbocycles. The predicted molar refractivity (Wildman–Crippen MR) is 77.5 cm³/mol. The second-order valence-electron chi connectivity index (χ2n) is 6.41. The number of carbonyl (C=O) groups excluding carboxylic acids is 1. The number of rotatable bonds is 3. The van der Waals surface area contributed by atoms with Gasteiger partial charge in [-0.2, -0.15) is 4.98 Å². The number of amides is 1. The smallest absolute Gasteiger partial charge is 0.223 e. The van der Waals surface area contributed by atoms with Gasteiger partial charge in [0, 0.05) is 26.4 Å². The molecule has 0 bridgehead atoms. The Balaban J connectivity index is 1.56. The molecule has 2 aliphatic heterocycles. The molecule has 1 aromatic rings. The third kappa shape index (κ3) is 3.10. The van der Waals surface area contributed by atoms with E-state index in [1.54, 1.807) is 0 Å². The van der Waals surface area contributed by atoms with Gasteiger partial charge < -0.3 is 9.42 Å². The van der Waals surface area contributed by atoms with E-state index in [4.69, 9.17) is 4.52 Å². The lowest BCUT2D eigenvalue weighted by atomic mass is 9.72. The number of hydrogen-bond donors (Lipinski definition) is 0. The average Bonchev–Trinajstić information content (AvgIpc) is 2.90. The molecule has 0 radical (unpaired) electrons. The maximum Gasteiger partial charge on any atom is 0.223 e. The molecule has 21 heavy (non-hydrogen) atoms. The van der Waals surface area contributed by atoms with Gasteiger partial charge >= 0.3 is 0 Å². The van der Waals surface area contributed by atoms with Crippen molar-refractivity contribution in [3.63, 3.8) is 0 Å². The Hall–Kier alpha value is -1.43. The molecule has 0 aliphatic carbocycles. The van der Waals surface area contributed by atoms with Gasteiger partial charge in [-0.05, 0) is 44.7 Å². The molecule has 1 spiro atoms. The zero-order chi connectivity index (χ0) is 14.9. The van der Waals surface area contributed by atoms with Crippen LogP contribution in [0.3, 0.4) is 0 Å². The summed E-state index contributed by atoms with van der Waals surface area (Å²) in [6, 6.07) is 0. The molecule has 116 valence electrons. The fourth-order valence-electron chi connectivity index (χ4n) is 3.59. The molecule has 2 aliphatic rings. The molecule has 0 atom stereocenters. The van der Waals surface area contributed by atoms with Crippen LogP contribution in [0.15, 0.2) is 4.52 Å². The first-order valence-corrected chi connectivity index (χ1v) is 7.89. The minimum absolute atomic E-state index is 0.327. The van der Waals surface area contributed by atoms with Crippen molar-refractivity contribution in [3.8, 4) is 0 Å². The van der Waals surface area contributed by atoms with Crippen molar-refractivity contribution < 1.29 is 9.32 Å². The normalized spacial score (nSPS) is 23.0. The van der Waals surface area contributed by atoms with Crippen LogP contribution in [-0.4, -0.2) is 52.0 Å². The van der Waals surface area contributed by atoms with E-state index < -0.39 is 0 Å². The highest BCUT2D eigenvalue weighted by molar-refractivity contribution is 5.77. The van der Waals surface area contributed by atoms with Crippen LogP contribution in [0, 0.1) is 12.3 Å². The van der Waals surface area contributed by atoms with Gasteiger partial charge in [-0.1, -0.05) is 5.16 Å². The highest BCUT2D eigenvalue weighted by atomic mass is 16.5. The molecule has 3 heterocycles. The van der Waals surface area contributed by atoms with Gasteiger partial charge in [-0.15, -0.1) is 0 Å². The van der Waals surface area contributed by atoms with Crippen molar-refractivity contribution in [3.05, 3.63) is 11.7 Å². The summed E-state index contributed by atoms with van der Waals surface area (Å²) in [5, 5.41) is 3.97. The molecule has 1 amide bonds. The van der Waals surface area contributed by atoms with Crippen LogP contribution in [-0.2, 0) is 11.3 Å². The van der Waals surface area contributed by atoms with E-state index >= 15 is 0 Å². The summed E-state index contributed by atoms with van der Waals surface area (Å²) in [5.41, 5.74) is 0.341. The third-order valence-corrected chi connectivity index (χ3v) is 4.98. The monoisotopic (exact) mass is 292 g/mol. The van der Waals surface area contributed by atoms with Gasteiger partial charge in [0.15, 0.2) is 5.82 Å². The average molecular weight is 292 g/mol. The summed E-state index contributed by atoms with van der Waals surface area (Å²) in [4.78, 5) is 20.5. The summed E-state index contributed by atoms with van der Waals surface area (Å²) in [6.07, 6.45) is 4.09. The van der Waals surface area contributed by atoms with Crippen LogP contribution in [0.4, 0.5) is 0 Å². The molecule has 0 unspecified atom stereocenters. The zero-order valence-electron chi connectivity index (χ0n) is 13.0. The van der Waals surface area contributed by atoms with E-state index in [9.17, 15) is 4.79 Å². The second-order valence-corrected chi connectivity index (χ2v) is 6.41. The van der Waals surface area contributed by atoms with Crippen LogP contribution in [0.25, 0.3) is 0 Å². The largest absolute Gasteiger partial charge is 0.342 e. The quantitative estimate of drug-likeness (QED) is 0.847. The number of likely N-dealkylation sites (tertiary alicyclic amines) is 2. The van der Waals surface area contributed by atoms with Gasteiger partial charge in [0.05, 0.1) is 6.54 Å². The number of hydrogen-bond acceptors (Lipinski definition) is 5. The van der Waals surface area contributed by atoms with E-state index in [0.717, 1.165) is 64.2 Å². The number of carbonyl (C=O) groups is 1. The van der Waals surface area contributed by atoms with E-state index in [0.29, 0.717) is 17.2 Å². The van der Waals surface area contributed by atoms with Crippen molar-refractivity contribution in [1.82, 2.24) is 19.9 Å². The van der Waals surface area contributed by atoms with Gasteiger partial charge in [0.1, 0.15) is 0 Å². The first kappa shape index (κ1) is 14.5. The summed E-state index contributed by atoms with van der Waals surface area (Å²) in [5.74, 6) is 1.73. The summed E-state index contributed by atoms with van der Waals surface area (Å²) < 4.78 is 5.02. The van der Waals surface area contributed by atoms with Crippen molar-refractivity contribution in [2.24, 2.45) is 5.41 Å². The first-order valence-electron chi connectivity index (χ1n) is 7.89. The summed E-state index contributed by atoms with van der Waals surface area (Å²) in [7, 11) is 0. The minimum Gasteiger partial charge on any atom is -0.342 e. The lowest BCUT2D eigenvalue weighted by molar-refractivity contribution is -0.138. The number of nitrogens with zero attached hydrogens (tertiary/aromatic N) is 4. The Labute approximate surface area is 125 Å². The number of piperidine rings is 2. The van der Waals surface area contributed by atoms with E-state index in [-0.39, 0.29) is 0 Å². The van der Waals surface area contributed by atoms with Crippen LogP contribution in [0.1, 0.15) is 44.3 Å². The van der Waals surface area contributed by atoms with Crippen LogP contribution in [0.5, 0.6) is 0 Å². The topological polar surface area (TPSA) is 62.5 Å². The summed E-state index contributed by atoms with van der Waals surface area (Å²) in [6.45, 7) is 8.55. The molecule has 6 nitrogen and oxygen atoms in total. The van der Waals surface area contributed by atoms with Crippen molar-refractivity contribution in [1.29, 1.82) is 0 Å². The van der Waals surface area contributed by atoms with Crippen molar-refractivity contribution in [2.75, 3.05) is 26.2 Å². The highest BCUT2D eigenvalue weighted by Crippen LogP contribution is 2.40. The molecule has 1 aromatic heterocycles. The molecular formula is C15H24N4O2. The lowest BCUT2D eigenvalue weighted by Crippen LogP contribution is -2.51. The first-order chi connectivity index (χ1) is 10.1. The molecule has 2 saturated heterocycles. The fourth-order valence-corrected chi connectivity index (χ4v) is 3.59. The Morgan fingerprint density at radius 3 is 2.67 bits per heavy atom. The lowest BCUT2D eigenvalue weighted by Gasteiger charge is -2.47. The Morgan fingerprint density at radius 1 is 1.29 bits per heavy atom. The number of aromatic nitrogens is 2. The SMILES string of the molecule is CCN1CC2(CCC1=O)CCN(Cc1noc(C)n1)CC2. The Kier molecular flexibility index (Phi) is 3.97. The molecule has 2 fully saturated rings. The standard InChI is InChI=1S/C15H24N4O2/c1-3-19-11-15(5-4-14(19)20)6-8-18(9-7-15)10-13-16-12(2)21-17-13/h3-11H2,1-2H3. The van der Waals surface area contributed by atoms with Crippen LogP contribution < -0.4 is 0 Å². The van der Waals surface area contributed by atoms with E-state index in [2.05, 4.69) is 22.0 Å². The van der Waals surface area contributed by atoms with Gasteiger partial charge in [0.25, 0.3) is 0 Å². The maximum atomic E-state index is 11.8. The van der Waals surface area contributed by atoms with Gasteiger partial charge in [0.2, 0.25) is 11.8 Å². The molecule has 0 saturated carbocycles. The molecule has 0 N–H and O–H groups in total. The van der Waals surface area contributed by atoms with Crippen LogP contribution in [0.2, 0.25) is 0 Å². The Morgan fingerprint density at radius 2 is 2.05 bits per heavy atom. The zero-order valence-corrected chi connectivity index (χ0v) is 13.0. The van der Waals surface area contributed by atoms with E-state index in [1.165, 1.54) is 0 Å². The molecular weight excluding hydrogens is 268 g/mol. The van der Waals surface area contributed by atoms with Gasteiger partial charge in [-0.25, -0.2) is 0 Å². The van der Waals surface area contributed by atoms with Gasteiger partial charge in [-0.3, -0.25) is 9.69 Å². The maximum absolute atomic E-state index is 11.8. The molecule has 6 heteroatoms. The van der Waals surface area contributed by atoms with E-state index in [1.807, 2.05) is 11.8 Å². The number of aryl methyl sites for hydroxylation is 1. The van der Waals surface area contributed by atoms with Crippen molar-refractivity contribution >= 4 is 5.91 Å². The molecule has 3 rings (SSSR count). The fraction of sp³-hybridized carbons (Fsp3) is 0.800. The van der Waals surface area contributed by atoms with Crippen LogP contribution >= 0.6 is 0 Å². The highest BCUT2D eigenvalue weighted by Gasteiger charge is 2.40. The van der Waals surface area contributed by atoms with Crippen molar-refractivity contribution in [2.45, 2.75) is 46.1 Å². The predicted octanol–water partition coefficient (Wildman–Crippen LogP) is 1.60. The Bertz CT molecular complexity index is 506. The second kappa shape index (κ2) is 5.75. The third-order valence-electron chi connectivity index (χ3n) is 4.98. The summed E-state index contributed by atoms with van der Waals surface area (Å²) >= 11 is 0. The minimum atomic E-state index is 0.327.